The Hall–Kier alpha value is -0.530. The molecule has 0 aromatic rings. The molecular formula is C18H34O2. The van der Waals surface area contributed by atoms with Crippen LogP contribution in [-0.2, 0) is 4.79 Å². The summed E-state index contributed by atoms with van der Waals surface area (Å²) in [6.07, 6.45) is 21.3. The second kappa shape index (κ2) is 10.2. The molecule has 20 heavy (non-hydrogen) atoms. The van der Waals surface area contributed by atoms with Crippen LogP contribution in [0.15, 0.2) is 0 Å². The molecular weight excluding hydrogens is 248 g/mol. The molecule has 0 unspecified atom stereocenters. The van der Waals surface area contributed by atoms with Crippen LogP contribution in [0.4, 0.5) is 0 Å². The lowest BCUT2D eigenvalue weighted by molar-refractivity contribution is -0.122. The van der Waals surface area contributed by atoms with Gasteiger partial charge in [0.1, 0.15) is 0 Å². The van der Waals surface area contributed by atoms with Gasteiger partial charge in [-0.05, 0) is 43.4 Å². The van der Waals surface area contributed by atoms with E-state index < -0.39 is 0 Å². The molecule has 1 N–H and O–H groups in total. The van der Waals surface area contributed by atoms with Crippen LogP contribution in [0.2, 0.25) is 0 Å². The van der Waals surface area contributed by atoms with Gasteiger partial charge in [0.05, 0.1) is 0 Å². The van der Waals surface area contributed by atoms with Gasteiger partial charge < -0.3 is 5.11 Å². The maximum atomic E-state index is 8.36. The van der Waals surface area contributed by atoms with E-state index in [1.807, 2.05) is 0 Å². The number of unbranched alkanes of at least 4 members (excludes halogenated alkanes) is 2. The summed E-state index contributed by atoms with van der Waals surface area (Å²) in [7, 11) is 0. The van der Waals surface area contributed by atoms with Gasteiger partial charge >= 0.3 is 0 Å². The standard InChI is InChI=1S/C17H32.CH2O2/c1-2-3-8-13-17(14-9-5-10-15-17)16-11-6-4-7-12-16;2-1-3/h16H,2-15H2,1H3;1H,(H,2,3). The first-order valence-corrected chi connectivity index (χ1v) is 8.87. The van der Waals surface area contributed by atoms with E-state index in [4.69, 9.17) is 9.90 Å². The summed E-state index contributed by atoms with van der Waals surface area (Å²) < 4.78 is 0. The Balaban J connectivity index is 0.000000612. The molecule has 2 saturated carbocycles. The van der Waals surface area contributed by atoms with E-state index in [9.17, 15) is 0 Å². The quantitative estimate of drug-likeness (QED) is 0.511. The maximum absolute atomic E-state index is 8.36. The Labute approximate surface area is 125 Å². The van der Waals surface area contributed by atoms with Crippen molar-refractivity contribution in [3.05, 3.63) is 0 Å². The van der Waals surface area contributed by atoms with Gasteiger partial charge in [-0.15, -0.1) is 0 Å². The maximum Gasteiger partial charge on any atom is 0.290 e. The number of rotatable bonds is 5. The molecule has 2 heteroatoms. The zero-order valence-electron chi connectivity index (χ0n) is 13.4. The fourth-order valence-corrected chi connectivity index (χ4v) is 4.56. The van der Waals surface area contributed by atoms with E-state index in [1.54, 1.807) is 32.1 Å². The van der Waals surface area contributed by atoms with Gasteiger partial charge in [-0.3, -0.25) is 4.79 Å². The molecule has 0 amide bonds. The Bertz CT molecular complexity index is 238. The summed E-state index contributed by atoms with van der Waals surface area (Å²) in [6.45, 7) is 2.09. The highest BCUT2D eigenvalue weighted by Crippen LogP contribution is 2.51. The van der Waals surface area contributed by atoms with Crippen LogP contribution in [0.1, 0.15) is 96.8 Å². The van der Waals surface area contributed by atoms with Crippen molar-refractivity contribution in [1.82, 2.24) is 0 Å². The molecule has 2 aliphatic rings. The van der Waals surface area contributed by atoms with Crippen molar-refractivity contribution in [2.45, 2.75) is 96.8 Å². The molecule has 0 bridgehead atoms. The predicted molar refractivity (Wildman–Crippen MR) is 84.9 cm³/mol. The Morgan fingerprint density at radius 2 is 1.55 bits per heavy atom. The van der Waals surface area contributed by atoms with Gasteiger partial charge in [-0.2, -0.15) is 0 Å². The largest absolute Gasteiger partial charge is 0.483 e. The topological polar surface area (TPSA) is 37.3 Å². The van der Waals surface area contributed by atoms with Crippen LogP contribution in [0, 0.1) is 11.3 Å². The van der Waals surface area contributed by atoms with Crippen molar-refractivity contribution >= 4 is 6.47 Å². The lowest BCUT2D eigenvalue weighted by Gasteiger charge is -2.46. The highest BCUT2D eigenvalue weighted by molar-refractivity contribution is 5.32. The molecule has 2 aliphatic carbocycles. The van der Waals surface area contributed by atoms with Crippen LogP contribution < -0.4 is 0 Å². The predicted octanol–water partition coefficient (Wildman–Crippen LogP) is 5.80. The van der Waals surface area contributed by atoms with Gasteiger partial charge in [0, 0.05) is 0 Å². The average Bonchev–Trinajstić information content (AvgIpc) is 2.50. The molecule has 0 saturated heterocycles. The normalized spacial score (nSPS) is 22.6. The fourth-order valence-electron chi connectivity index (χ4n) is 4.56. The number of carboxylic acid groups (broad SMARTS) is 1. The molecule has 0 aromatic heterocycles. The zero-order chi connectivity index (χ0) is 14.7. The molecule has 0 radical (unpaired) electrons. The van der Waals surface area contributed by atoms with Crippen LogP contribution in [0.3, 0.4) is 0 Å². The van der Waals surface area contributed by atoms with Crippen molar-refractivity contribution in [3.8, 4) is 0 Å². The van der Waals surface area contributed by atoms with Gasteiger partial charge in [0.25, 0.3) is 6.47 Å². The van der Waals surface area contributed by atoms with Crippen LogP contribution in [0.5, 0.6) is 0 Å². The molecule has 2 rings (SSSR count). The molecule has 0 aromatic carbocycles. The van der Waals surface area contributed by atoms with Crippen molar-refractivity contribution in [1.29, 1.82) is 0 Å². The van der Waals surface area contributed by atoms with E-state index >= 15 is 0 Å². The van der Waals surface area contributed by atoms with Gasteiger partial charge in [-0.25, -0.2) is 0 Å². The van der Waals surface area contributed by atoms with E-state index in [2.05, 4.69) is 6.92 Å². The van der Waals surface area contributed by atoms with Crippen molar-refractivity contribution < 1.29 is 9.90 Å². The average molecular weight is 282 g/mol. The molecule has 0 atom stereocenters. The molecule has 0 heterocycles. The summed E-state index contributed by atoms with van der Waals surface area (Å²) in [6, 6.07) is 0. The van der Waals surface area contributed by atoms with Gasteiger partial charge in [-0.1, -0.05) is 64.7 Å². The molecule has 0 aliphatic heterocycles. The first kappa shape index (κ1) is 17.5. The van der Waals surface area contributed by atoms with Gasteiger partial charge in [0.15, 0.2) is 0 Å². The smallest absolute Gasteiger partial charge is 0.290 e. The van der Waals surface area contributed by atoms with Gasteiger partial charge in [0.2, 0.25) is 0 Å². The van der Waals surface area contributed by atoms with Crippen LogP contribution in [-0.4, -0.2) is 11.6 Å². The third-order valence-electron chi connectivity index (χ3n) is 5.60. The third-order valence-corrected chi connectivity index (χ3v) is 5.60. The summed E-state index contributed by atoms with van der Waals surface area (Å²) >= 11 is 0. The minimum atomic E-state index is -0.250. The fraction of sp³-hybridized carbons (Fsp3) is 0.944. The highest BCUT2D eigenvalue weighted by atomic mass is 16.3. The van der Waals surface area contributed by atoms with E-state index in [0.29, 0.717) is 0 Å². The second-order valence-corrected chi connectivity index (χ2v) is 6.82. The van der Waals surface area contributed by atoms with E-state index in [-0.39, 0.29) is 6.47 Å². The lowest BCUT2D eigenvalue weighted by Crippen LogP contribution is -2.34. The first-order valence-electron chi connectivity index (χ1n) is 8.87. The van der Waals surface area contributed by atoms with E-state index in [1.165, 1.54) is 57.8 Å². The number of hydrogen-bond acceptors (Lipinski definition) is 1. The molecule has 2 fully saturated rings. The third kappa shape index (κ3) is 5.46. The monoisotopic (exact) mass is 282 g/mol. The molecule has 0 spiro atoms. The zero-order valence-corrected chi connectivity index (χ0v) is 13.4. The SMILES string of the molecule is CCCCCC1(C2CCCCC2)CCCCC1.O=CO. The van der Waals surface area contributed by atoms with Crippen molar-refractivity contribution in [2.24, 2.45) is 11.3 Å². The molecule has 118 valence electrons. The van der Waals surface area contributed by atoms with Crippen molar-refractivity contribution in [2.75, 3.05) is 0 Å². The number of hydrogen-bond donors (Lipinski definition) is 1. The second-order valence-electron chi connectivity index (χ2n) is 6.82. The minimum Gasteiger partial charge on any atom is -0.483 e. The first-order chi connectivity index (χ1) is 9.79. The summed E-state index contributed by atoms with van der Waals surface area (Å²) in [5.41, 5.74) is 0.799. The summed E-state index contributed by atoms with van der Waals surface area (Å²) in [5.74, 6) is 1.11. The molecule has 2 nitrogen and oxygen atoms in total. The Kier molecular flexibility index (Phi) is 8.97. The highest BCUT2D eigenvalue weighted by Gasteiger charge is 2.39. The minimum absolute atomic E-state index is 0.250. The number of carbonyl (C=O) groups is 1. The Morgan fingerprint density at radius 3 is 2.10 bits per heavy atom. The Morgan fingerprint density at radius 1 is 1.00 bits per heavy atom. The summed E-state index contributed by atoms with van der Waals surface area (Å²) in [4.78, 5) is 8.36. The lowest BCUT2D eigenvalue weighted by atomic mass is 9.60. The van der Waals surface area contributed by atoms with Crippen molar-refractivity contribution in [3.63, 3.8) is 0 Å². The van der Waals surface area contributed by atoms with E-state index in [0.717, 1.165) is 11.3 Å². The summed E-state index contributed by atoms with van der Waals surface area (Å²) in [5, 5.41) is 6.89. The van der Waals surface area contributed by atoms with Crippen LogP contribution >= 0.6 is 0 Å². The van der Waals surface area contributed by atoms with Crippen LogP contribution in [0.25, 0.3) is 0 Å².